The number of amides is 1. The average molecular weight is 270 g/mol. The molecule has 1 aromatic rings. The van der Waals surface area contributed by atoms with Gasteiger partial charge in [0.15, 0.2) is 0 Å². The van der Waals surface area contributed by atoms with Crippen LogP contribution in [0.3, 0.4) is 0 Å². The standard InChI is InChI=1S/C13H20ClN3O/c1-4-7-13(2,3)16-12(18)10-8-9(14)5-6-11(10)17-15/h5-6,8,17H,4,7,15H2,1-3H3,(H,16,18). The summed E-state index contributed by atoms with van der Waals surface area (Å²) in [6.45, 7) is 6.07. The maximum atomic E-state index is 12.2. The van der Waals surface area contributed by atoms with Gasteiger partial charge in [-0.1, -0.05) is 24.9 Å². The first-order chi connectivity index (χ1) is 8.39. The summed E-state index contributed by atoms with van der Waals surface area (Å²) in [5, 5.41) is 3.49. The number of halogens is 1. The third-order valence-corrected chi connectivity index (χ3v) is 2.94. The lowest BCUT2D eigenvalue weighted by Crippen LogP contribution is -2.43. The highest BCUT2D eigenvalue weighted by molar-refractivity contribution is 6.31. The molecule has 0 saturated heterocycles. The van der Waals surface area contributed by atoms with Crippen molar-refractivity contribution in [2.75, 3.05) is 5.43 Å². The van der Waals surface area contributed by atoms with Crippen molar-refractivity contribution >= 4 is 23.2 Å². The molecule has 4 N–H and O–H groups in total. The van der Waals surface area contributed by atoms with Crippen LogP contribution >= 0.6 is 11.6 Å². The van der Waals surface area contributed by atoms with Crippen LogP contribution in [0.5, 0.6) is 0 Å². The summed E-state index contributed by atoms with van der Waals surface area (Å²) in [4.78, 5) is 12.2. The highest BCUT2D eigenvalue weighted by atomic mass is 35.5. The summed E-state index contributed by atoms with van der Waals surface area (Å²) in [7, 11) is 0. The Morgan fingerprint density at radius 2 is 2.11 bits per heavy atom. The second-order valence-electron chi connectivity index (χ2n) is 4.92. The second kappa shape index (κ2) is 6.07. The average Bonchev–Trinajstić information content (AvgIpc) is 2.28. The molecule has 1 rings (SSSR count). The van der Waals surface area contributed by atoms with Crippen LogP contribution in [0.25, 0.3) is 0 Å². The van der Waals surface area contributed by atoms with Gasteiger partial charge in [0.25, 0.3) is 5.91 Å². The fourth-order valence-corrected chi connectivity index (χ4v) is 2.06. The molecule has 18 heavy (non-hydrogen) atoms. The zero-order valence-corrected chi connectivity index (χ0v) is 11.8. The zero-order chi connectivity index (χ0) is 13.8. The molecule has 0 bridgehead atoms. The molecule has 4 nitrogen and oxygen atoms in total. The van der Waals surface area contributed by atoms with E-state index in [9.17, 15) is 4.79 Å². The maximum absolute atomic E-state index is 12.2. The highest BCUT2D eigenvalue weighted by Gasteiger charge is 2.21. The molecule has 1 aromatic carbocycles. The van der Waals surface area contributed by atoms with Crippen LogP contribution in [0.4, 0.5) is 5.69 Å². The fourth-order valence-electron chi connectivity index (χ4n) is 1.89. The van der Waals surface area contributed by atoms with Gasteiger partial charge in [0, 0.05) is 10.6 Å². The van der Waals surface area contributed by atoms with E-state index in [1.54, 1.807) is 18.2 Å². The molecule has 0 saturated carbocycles. The van der Waals surface area contributed by atoms with Crippen LogP contribution < -0.4 is 16.6 Å². The third kappa shape index (κ3) is 3.89. The fraction of sp³-hybridized carbons (Fsp3) is 0.462. The van der Waals surface area contributed by atoms with Gasteiger partial charge in [-0.2, -0.15) is 0 Å². The second-order valence-corrected chi connectivity index (χ2v) is 5.36. The molecular formula is C13H20ClN3O. The molecule has 0 radical (unpaired) electrons. The Morgan fingerprint density at radius 1 is 1.44 bits per heavy atom. The van der Waals surface area contributed by atoms with E-state index in [1.807, 2.05) is 13.8 Å². The molecule has 0 unspecified atom stereocenters. The van der Waals surface area contributed by atoms with Gasteiger partial charge in [-0.15, -0.1) is 0 Å². The predicted molar refractivity (Wildman–Crippen MR) is 75.7 cm³/mol. The van der Waals surface area contributed by atoms with Crippen molar-refractivity contribution in [2.24, 2.45) is 5.84 Å². The summed E-state index contributed by atoms with van der Waals surface area (Å²) in [5.74, 6) is 5.21. The van der Waals surface area contributed by atoms with E-state index in [0.29, 0.717) is 16.3 Å². The van der Waals surface area contributed by atoms with Crippen molar-refractivity contribution in [3.05, 3.63) is 28.8 Å². The van der Waals surface area contributed by atoms with Crippen LogP contribution in [-0.2, 0) is 0 Å². The Labute approximate surface area is 113 Å². The first-order valence-electron chi connectivity index (χ1n) is 5.98. The smallest absolute Gasteiger partial charge is 0.253 e. The first-order valence-corrected chi connectivity index (χ1v) is 6.36. The highest BCUT2D eigenvalue weighted by Crippen LogP contribution is 2.21. The predicted octanol–water partition coefficient (Wildman–Crippen LogP) is 2.93. The quantitative estimate of drug-likeness (QED) is 0.569. The van der Waals surface area contributed by atoms with E-state index < -0.39 is 0 Å². The number of anilines is 1. The Balaban J connectivity index is 2.93. The Bertz CT molecular complexity index is 432. The molecule has 0 spiro atoms. The van der Waals surface area contributed by atoms with E-state index >= 15 is 0 Å². The van der Waals surface area contributed by atoms with E-state index in [2.05, 4.69) is 17.7 Å². The molecule has 0 heterocycles. The molecule has 0 atom stereocenters. The van der Waals surface area contributed by atoms with Gasteiger partial charge in [0.05, 0.1) is 11.3 Å². The van der Waals surface area contributed by atoms with Crippen LogP contribution in [0.15, 0.2) is 18.2 Å². The van der Waals surface area contributed by atoms with Crippen molar-refractivity contribution in [3.63, 3.8) is 0 Å². The van der Waals surface area contributed by atoms with E-state index in [0.717, 1.165) is 12.8 Å². The molecule has 0 aromatic heterocycles. The normalized spacial score (nSPS) is 11.2. The number of hydrogen-bond donors (Lipinski definition) is 3. The number of nitrogens with one attached hydrogen (secondary N) is 2. The topological polar surface area (TPSA) is 67.2 Å². The number of nitrogen functional groups attached to an aromatic ring is 1. The molecule has 1 amide bonds. The third-order valence-electron chi connectivity index (χ3n) is 2.71. The monoisotopic (exact) mass is 269 g/mol. The van der Waals surface area contributed by atoms with Crippen LogP contribution in [0.2, 0.25) is 5.02 Å². The van der Waals surface area contributed by atoms with Crippen molar-refractivity contribution < 1.29 is 4.79 Å². The molecule has 0 aliphatic rings. The van der Waals surface area contributed by atoms with Gasteiger partial charge >= 0.3 is 0 Å². The first kappa shape index (κ1) is 14.8. The molecule has 0 fully saturated rings. The van der Waals surface area contributed by atoms with E-state index in [1.165, 1.54) is 0 Å². The molecule has 100 valence electrons. The van der Waals surface area contributed by atoms with E-state index in [4.69, 9.17) is 17.4 Å². The number of carbonyl (C=O) groups excluding carboxylic acids is 1. The van der Waals surface area contributed by atoms with Gasteiger partial charge in [-0.05, 0) is 38.5 Å². The Kier molecular flexibility index (Phi) is 4.99. The van der Waals surface area contributed by atoms with Crippen LogP contribution in [0.1, 0.15) is 44.0 Å². The van der Waals surface area contributed by atoms with Gasteiger partial charge in [0.2, 0.25) is 0 Å². The number of rotatable bonds is 5. The van der Waals surface area contributed by atoms with Crippen LogP contribution in [-0.4, -0.2) is 11.4 Å². The Hall–Kier alpha value is -1.26. The number of benzene rings is 1. The summed E-state index contributed by atoms with van der Waals surface area (Å²) in [6.07, 6.45) is 1.91. The SMILES string of the molecule is CCCC(C)(C)NC(=O)c1cc(Cl)ccc1NN. The van der Waals surface area contributed by atoms with Gasteiger partial charge in [-0.25, -0.2) is 0 Å². The van der Waals surface area contributed by atoms with Crippen molar-refractivity contribution in [2.45, 2.75) is 39.2 Å². The van der Waals surface area contributed by atoms with Crippen molar-refractivity contribution in [1.29, 1.82) is 0 Å². The van der Waals surface area contributed by atoms with Gasteiger partial charge in [0.1, 0.15) is 0 Å². The minimum Gasteiger partial charge on any atom is -0.347 e. The Morgan fingerprint density at radius 3 is 2.67 bits per heavy atom. The number of carbonyl (C=O) groups is 1. The van der Waals surface area contributed by atoms with Gasteiger partial charge in [-0.3, -0.25) is 10.6 Å². The van der Waals surface area contributed by atoms with Crippen LogP contribution in [0, 0.1) is 0 Å². The number of hydrogen-bond acceptors (Lipinski definition) is 3. The lowest BCUT2D eigenvalue weighted by molar-refractivity contribution is 0.0910. The molecule has 5 heteroatoms. The number of nitrogens with two attached hydrogens (primary N) is 1. The maximum Gasteiger partial charge on any atom is 0.253 e. The summed E-state index contributed by atoms with van der Waals surface area (Å²) < 4.78 is 0. The zero-order valence-electron chi connectivity index (χ0n) is 11.0. The van der Waals surface area contributed by atoms with Gasteiger partial charge < -0.3 is 10.7 Å². The summed E-state index contributed by atoms with van der Waals surface area (Å²) in [5.41, 5.74) is 3.26. The largest absolute Gasteiger partial charge is 0.347 e. The van der Waals surface area contributed by atoms with Crippen molar-refractivity contribution in [1.82, 2.24) is 5.32 Å². The summed E-state index contributed by atoms with van der Waals surface area (Å²) >= 11 is 5.90. The number of hydrazine groups is 1. The minimum absolute atomic E-state index is 0.177. The lowest BCUT2D eigenvalue weighted by atomic mass is 9.98. The summed E-state index contributed by atoms with van der Waals surface area (Å²) in [6, 6.07) is 4.98. The molecule has 0 aliphatic heterocycles. The van der Waals surface area contributed by atoms with Crippen molar-refractivity contribution in [3.8, 4) is 0 Å². The molecule has 0 aliphatic carbocycles. The minimum atomic E-state index is -0.250. The van der Waals surface area contributed by atoms with E-state index in [-0.39, 0.29) is 11.4 Å². The molecular weight excluding hydrogens is 250 g/mol. The lowest BCUT2D eigenvalue weighted by Gasteiger charge is -2.26.